The van der Waals surface area contributed by atoms with E-state index in [0.717, 1.165) is 24.0 Å². The van der Waals surface area contributed by atoms with Crippen molar-refractivity contribution in [3.05, 3.63) is 84.2 Å². The molecule has 1 saturated heterocycles. The maximum atomic E-state index is 13.4. The van der Waals surface area contributed by atoms with Crippen LogP contribution in [0, 0.1) is 5.82 Å². The van der Waals surface area contributed by atoms with Crippen LogP contribution in [0.25, 0.3) is 0 Å². The third-order valence-electron chi connectivity index (χ3n) is 4.45. The lowest BCUT2D eigenvalue weighted by molar-refractivity contribution is 0.0801. The highest BCUT2D eigenvalue weighted by molar-refractivity contribution is 5.85. The molecular weight excluding hydrogens is 325 g/mol. The lowest BCUT2D eigenvalue weighted by Gasteiger charge is -2.27. The van der Waals surface area contributed by atoms with E-state index in [4.69, 9.17) is 4.74 Å². The molecule has 0 bridgehead atoms. The van der Waals surface area contributed by atoms with Gasteiger partial charge in [0.1, 0.15) is 5.82 Å². The molecule has 0 saturated carbocycles. The standard InChI is InChI=1S/C20H22FNO.ClH/c1-2-20(15-23-14-16-7-4-3-5-8-16)12-11-19(22-20)17-9-6-10-18(21)13-17;/h2-10,13,19,22H,1,11-12,14-15H2;1H/t19-,20-;/m0./s1. The number of ether oxygens (including phenoxy) is 1. The maximum Gasteiger partial charge on any atom is 0.123 e. The molecule has 0 aromatic heterocycles. The zero-order chi connectivity index (χ0) is 16.1. The fraction of sp³-hybridized carbons (Fsp3) is 0.300. The van der Waals surface area contributed by atoms with Crippen molar-refractivity contribution in [3.8, 4) is 0 Å². The quantitative estimate of drug-likeness (QED) is 0.757. The molecule has 1 aliphatic rings. The van der Waals surface area contributed by atoms with Crippen molar-refractivity contribution in [1.29, 1.82) is 0 Å². The lowest BCUT2D eigenvalue weighted by Crippen LogP contribution is -2.43. The molecule has 3 rings (SSSR count). The second-order valence-corrected chi connectivity index (χ2v) is 6.13. The molecular formula is C20H23ClFNO. The molecule has 1 aliphatic heterocycles. The van der Waals surface area contributed by atoms with Crippen LogP contribution in [-0.4, -0.2) is 12.1 Å². The van der Waals surface area contributed by atoms with Gasteiger partial charge >= 0.3 is 0 Å². The van der Waals surface area contributed by atoms with E-state index >= 15 is 0 Å². The molecule has 24 heavy (non-hydrogen) atoms. The molecule has 0 spiro atoms. The highest BCUT2D eigenvalue weighted by atomic mass is 35.5. The summed E-state index contributed by atoms with van der Waals surface area (Å²) in [4.78, 5) is 0. The summed E-state index contributed by atoms with van der Waals surface area (Å²) in [5.41, 5.74) is 1.90. The second kappa shape index (κ2) is 8.43. The first-order valence-electron chi connectivity index (χ1n) is 7.99. The third-order valence-corrected chi connectivity index (χ3v) is 4.45. The number of benzene rings is 2. The van der Waals surface area contributed by atoms with E-state index in [9.17, 15) is 4.39 Å². The van der Waals surface area contributed by atoms with E-state index in [1.807, 2.05) is 30.3 Å². The Morgan fingerprint density at radius 1 is 1.21 bits per heavy atom. The van der Waals surface area contributed by atoms with Gasteiger partial charge in [-0.05, 0) is 36.1 Å². The monoisotopic (exact) mass is 347 g/mol. The van der Waals surface area contributed by atoms with Crippen molar-refractivity contribution < 1.29 is 9.13 Å². The van der Waals surface area contributed by atoms with E-state index in [2.05, 4.69) is 24.0 Å². The van der Waals surface area contributed by atoms with Crippen molar-refractivity contribution in [1.82, 2.24) is 5.32 Å². The molecule has 1 fully saturated rings. The summed E-state index contributed by atoms with van der Waals surface area (Å²) in [7, 11) is 0. The van der Waals surface area contributed by atoms with Crippen LogP contribution in [-0.2, 0) is 11.3 Å². The van der Waals surface area contributed by atoms with Gasteiger partial charge in [-0.15, -0.1) is 19.0 Å². The molecule has 0 unspecified atom stereocenters. The molecule has 4 heteroatoms. The van der Waals surface area contributed by atoms with Gasteiger partial charge in [0.05, 0.1) is 18.8 Å². The van der Waals surface area contributed by atoms with E-state index in [0.29, 0.717) is 13.2 Å². The minimum atomic E-state index is -0.244. The minimum absolute atomic E-state index is 0. The Morgan fingerprint density at radius 2 is 2.00 bits per heavy atom. The molecule has 2 nitrogen and oxygen atoms in total. The molecule has 2 aromatic carbocycles. The molecule has 0 amide bonds. The SMILES string of the molecule is C=C[C@@]1(COCc2ccccc2)CC[C@@H](c2cccc(F)c2)N1.Cl. The van der Waals surface area contributed by atoms with Crippen molar-refractivity contribution in [2.45, 2.75) is 31.0 Å². The third kappa shape index (κ3) is 4.44. The van der Waals surface area contributed by atoms with Gasteiger partial charge in [-0.2, -0.15) is 0 Å². The van der Waals surface area contributed by atoms with Crippen LogP contribution in [0.2, 0.25) is 0 Å². The Hall–Kier alpha value is -1.68. The molecule has 0 radical (unpaired) electrons. The van der Waals surface area contributed by atoms with Crippen LogP contribution >= 0.6 is 12.4 Å². The molecule has 2 atom stereocenters. The van der Waals surface area contributed by atoms with Crippen LogP contribution in [0.5, 0.6) is 0 Å². The van der Waals surface area contributed by atoms with Crippen molar-refractivity contribution in [2.24, 2.45) is 0 Å². The minimum Gasteiger partial charge on any atom is -0.375 e. The fourth-order valence-electron chi connectivity index (χ4n) is 3.13. The average molecular weight is 348 g/mol. The van der Waals surface area contributed by atoms with Gasteiger partial charge in [-0.1, -0.05) is 48.5 Å². The molecule has 128 valence electrons. The molecule has 2 aromatic rings. The van der Waals surface area contributed by atoms with Gasteiger partial charge in [0.2, 0.25) is 0 Å². The summed E-state index contributed by atoms with van der Waals surface area (Å²) in [5, 5.41) is 3.57. The fourth-order valence-corrected chi connectivity index (χ4v) is 3.13. The topological polar surface area (TPSA) is 21.3 Å². The van der Waals surface area contributed by atoms with Gasteiger partial charge in [0, 0.05) is 6.04 Å². The largest absolute Gasteiger partial charge is 0.375 e. The van der Waals surface area contributed by atoms with E-state index in [-0.39, 0.29) is 29.8 Å². The summed E-state index contributed by atoms with van der Waals surface area (Å²) in [6.07, 6.45) is 3.81. The Morgan fingerprint density at radius 3 is 2.71 bits per heavy atom. The number of halogens is 2. The Balaban J connectivity index is 0.00000208. The number of hydrogen-bond acceptors (Lipinski definition) is 2. The van der Waals surface area contributed by atoms with Crippen molar-refractivity contribution in [2.75, 3.05) is 6.61 Å². The van der Waals surface area contributed by atoms with Gasteiger partial charge in [0.15, 0.2) is 0 Å². The van der Waals surface area contributed by atoms with E-state index < -0.39 is 0 Å². The van der Waals surface area contributed by atoms with Crippen LogP contribution in [0.1, 0.15) is 30.0 Å². The summed E-state index contributed by atoms with van der Waals surface area (Å²) >= 11 is 0. The van der Waals surface area contributed by atoms with Gasteiger partial charge < -0.3 is 4.74 Å². The van der Waals surface area contributed by atoms with Crippen molar-refractivity contribution in [3.63, 3.8) is 0 Å². The second-order valence-electron chi connectivity index (χ2n) is 6.13. The molecule has 1 N–H and O–H groups in total. The zero-order valence-electron chi connectivity index (χ0n) is 13.6. The number of hydrogen-bond donors (Lipinski definition) is 1. The van der Waals surface area contributed by atoms with Gasteiger partial charge in [0.25, 0.3) is 0 Å². The first-order valence-corrected chi connectivity index (χ1v) is 7.99. The Kier molecular flexibility index (Phi) is 6.55. The number of nitrogens with one attached hydrogen (secondary N) is 1. The maximum absolute atomic E-state index is 13.4. The smallest absolute Gasteiger partial charge is 0.123 e. The average Bonchev–Trinajstić information content (AvgIpc) is 3.01. The molecule has 0 aliphatic carbocycles. The summed E-state index contributed by atoms with van der Waals surface area (Å²) < 4.78 is 19.3. The summed E-state index contributed by atoms with van der Waals surface area (Å²) in [5.74, 6) is -0.194. The van der Waals surface area contributed by atoms with Crippen LogP contribution in [0.15, 0.2) is 67.3 Å². The zero-order valence-corrected chi connectivity index (χ0v) is 14.4. The Labute approximate surface area is 149 Å². The van der Waals surface area contributed by atoms with Crippen LogP contribution in [0.4, 0.5) is 4.39 Å². The van der Waals surface area contributed by atoms with E-state index in [1.165, 1.54) is 6.07 Å². The lowest BCUT2D eigenvalue weighted by atomic mass is 9.98. The first-order chi connectivity index (χ1) is 11.2. The normalized spacial score (nSPS) is 22.8. The number of rotatable bonds is 6. The first kappa shape index (κ1) is 18.7. The summed E-state index contributed by atoms with van der Waals surface area (Å²) in [6, 6.07) is 17.1. The van der Waals surface area contributed by atoms with Crippen LogP contribution in [0.3, 0.4) is 0 Å². The van der Waals surface area contributed by atoms with Gasteiger partial charge in [-0.3, -0.25) is 5.32 Å². The van der Waals surface area contributed by atoms with E-state index in [1.54, 1.807) is 12.1 Å². The highest BCUT2D eigenvalue weighted by Gasteiger charge is 2.36. The predicted molar refractivity (Wildman–Crippen MR) is 97.8 cm³/mol. The van der Waals surface area contributed by atoms with Gasteiger partial charge in [-0.25, -0.2) is 4.39 Å². The predicted octanol–water partition coefficient (Wildman–Crippen LogP) is 4.81. The van der Waals surface area contributed by atoms with Crippen LogP contribution < -0.4 is 5.32 Å². The summed E-state index contributed by atoms with van der Waals surface area (Å²) in [6.45, 7) is 5.12. The Bertz CT molecular complexity index is 664. The molecule has 1 heterocycles. The van der Waals surface area contributed by atoms with Crippen molar-refractivity contribution >= 4 is 12.4 Å². The highest BCUT2D eigenvalue weighted by Crippen LogP contribution is 2.34.